The summed E-state index contributed by atoms with van der Waals surface area (Å²) in [6.07, 6.45) is 0. The van der Waals surface area contributed by atoms with Gasteiger partial charge >= 0.3 is 6.03 Å². The third kappa shape index (κ3) is 3.86. The van der Waals surface area contributed by atoms with Gasteiger partial charge in [0.15, 0.2) is 0 Å². The van der Waals surface area contributed by atoms with Crippen molar-refractivity contribution in [2.75, 3.05) is 11.2 Å². The van der Waals surface area contributed by atoms with E-state index in [2.05, 4.69) is 5.32 Å². The maximum atomic E-state index is 11.2. The van der Waals surface area contributed by atoms with Crippen molar-refractivity contribution in [2.24, 2.45) is 0 Å². The van der Waals surface area contributed by atoms with Crippen molar-refractivity contribution >= 4 is 46.5 Å². The van der Waals surface area contributed by atoms with Crippen molar-refractivity contribution in [1.29, 1.82) is 0 Å². The minimum absolute atomic E-state index is 0.124. The average Bonchev–Trinajstić information content (AvgIpc) is 2.28. The van der Waals surface area contributed by atoms with E-state index in [9.17, 15) is 19.7 Å². The Morgan fingerprint density at radius 1 is 1.39 bits per heavy atom. The first kappa shape index (κ1) is 14.2. The molecule has 1 aromatic rings. The fourth-order valence-corrected chi connectivity index (χ4v) is 1.37. The van der Waals surface area contributed by atoms with Gasteiger partial charge in [0.1, 0.15) is 10.9 Å². The number of rotatable bonds is 3. The Bertz CT molecular complexity index is 507. The molecule has 0 saturated heterocycles. The Morgan fingerprint density at radius 2 is 2.06 bits per heavy atom. The SMILES string of the molecule is O=C(CCl)NC(=O)Nc1ccc([N+](=O)[O-])c(Cl)c1. The number of hydrogen-bond donors (Lipinski definition) is 2. The van der Waals surface area contributed by atoms with Crippen molar-refractivity contribution in [1.82, 2.24) is 5.32 Å². The summed E-state index contributed by atoms with van der Waals surface area (Å²) in [5, 5.41) is 14.6. The Balaban J connectivity index is 2.75. The zero-order chi connectivity index (χ0) is 13.7. The largest absolute Gasteiger partial charge is 0.325 e. The first-order chi connectivity index (χ1) is 8.43. The van der Waals surface area contributed by atoms with Gasteiger partial charge in [0.2, 0.25) is 5.91 Å². The Hall–Kier alpha value is -1.86. The summed E-state index contributed by atoms with van der Waals surface area (Å²) >= 11 is 10.8. The van der Waals surface area contributed by atoms with Crippen LogP contribution in [0.1, 0.15) is 0 Å². The molecular formula is C9H7Cl2N3O4. The third-order valence-corrected chi connectivity index (χ3v) is 2.32. The van der Waals surface area contributed by atoms with E-state index in [0.29, 0.717) is 0 Å². The Labute approximate surface area is 111 Å². The molecule has 7 nitrogen and oxygen atoms in total. The molecule has 0 radical (unpaired) electrons. The second-order valence-corrected chi connectivity index (χ2v) is 3.73. The van der Waals surface area contributed by atoms with Crippen LogP contribution < -0.4 is 10.6 Å². The van der Waals surface area contributed by atoms with Crippen LogP contribution in [0.5, 0.6) is 0 Å². The molecular weight excluding hydrogens is 285 g/mol. The molecule has 0 aliphatic heterocycles. The molecule has 0 aliphatic carbocycles. The van der Waals surface area contributed by atoms with Crippen LogP contribution in [-0.4, -0.2) is 22.7 Å². The third-order valence-electron chi connectivity index (χ3n) is 1.78. The molecule has 1 aromatic carbocycles. The molecule has 0 aliphatic rings. The summed E-state index contributed by atoms with van der Waals surface area (Å²) in [4.78, 5) is 31.9. The Morgan fingerprint density at radius 3 is 2.56 bits per heavy atom. The fourth-order valence-electron chi connectivity index (χ4n) is 1.06. The first-order valence-electron chi connectivity index (χ1n) is 4.54. The van der Waals surface area contributed by atoms with Gasteiger partial charge in [-0.05, 0) is 12.1 Å². The molecule has 0 spiro atoms. The maximum absolute atomic E-state index is 11.2. The summed E-state index contributed by atoms with van der Waals surface area (Å²) in [5.74, 6) is -1.02. The molecule has 0 atom stereocenters. The fraction of sp³-hybridized carbons (Fsp3) is 0.111. The summed E-state index contributed by atoms with van der Waals surface area (Å²) in [5.41, 5.74) is -0.0649. The number of halogens is 2. The minimum atomic E-state index is -0.800. The minimum Gasteiger partial charge on any atom is -0.308 e. The maximum Gasteiger partial charge on any atom is 0.325 e. The van der Waals surface area contributed by atoms with Crippen molar-refractivity contribution < 1.29 is 14.5 Å². The van der Waals surface area contributed by atoms with Gasteiger partial charge in [-0.1, -0.05) is 11.6 Å². The van der Waals surface area contributed by atoms with Crippen molar-refractivity contribution in [3.8, 4) is 0 Å². The van der Waals surface area contributed by atoms with E-state index in [1.165, 1.54) is 12.1 Å². The number of imide groups is 1. The number of nitrogens with one attached hydrogen (secondary N) is 2. The highest BCUT2D eigenvalue weighted by Crippen LogP contribution is 2.26. The Kier molecular flexibility index (Phi) is 4.87. The molecule has 1 rings (SSSR count). The van der Waals surface area contributed by atoms with E-state index >= 15 is 0 Å². The molecule has 2 N–H and O–H groups in total. The van der Waals surface area contributed by atoms with Crippen LogP contribution in [0.2, 0.25) is 5.02 Å². The van der Waals surface area contributed by atoms with Crippen LogP contribution in [-0.2, 0) is 4.79 Å². The summed E-state index contributed by atoms with van der Waals surface area (Å²) in [6.45, 7) is 0. The number of nitro groups is 1. The van der Waals surface area contributed by atoms with Gasteiger partial charge in [0.25, 0.3) is 5.69 Å². The predicted octanol–water partition coefficient (Wildman–Crippen LogP) is 2.14. The van der Waals surface area contributed by atoms with Crippen LogP contribution in [0.15, 0.2) is 18.2 Å². The van der Waals surface area contributed by atoms with Crippen LogP contribution >= 0.6 is 23.2 Å². The zero-order valence-electron chi connectivity index (χ0n) is 8.78. The number of carbonyl (C=O) groups excluding carboxylic acids is 2. The molecule has 9 heteroatoms. The number of anilines is 1. The van der Waals surface area contributed by atoms with Gasteiger partial charge in [-0.15, -0.1) is 11.6 Å². The lowest BCUT2D eigenvalue weighted by Gasteiger charge is -2.05. The molecule has 0 unspecified atom stereocenters. The monoisotopic (exact) mass is 291 g/mol. The van der Waals surface area contributed by atoms with Crippen LogP contribution in [0, 0.1) is 10.1 Å². The van der Waals surface area contributed by atoms with Crippen LogP contribution in [0.3, 0.4) is 0 Å². The summed E-state index contributed by atoms with van der Waals surface area (Å²) in [6, 6.07) is 2.83. The second kappa shape index (κ2) is 6.18. The van der Waals surface area contributed by atoms with Gasteiger partial charge < -0.3 is 5.32 Å². The van der Waals surface area contributed by atoms with Gasteiger partial charge in [-0.25, -0.2) is 4.79 Å². The lowest BCUT2D eigenvalue weighted by atomic mass is 10.3. The van der Waals surface area contributed by atoms with E-state index in [1.54, 1.807) is 0 Å². The number of urea groups is 1. The highest BCUT2D eigenvalue weighted by molar-refractivity contribution is 6.33. The predicted molar refractivity (Wildman–Crippen MR) is 66.0 cm³/mol. The van der Waals surface area contributed by atoms with E-state index < -0.39 is 16.9 Å². The van der Waals surface area contributed by atoms with Gasteiger partial charge in [0.05, 0.1) is 4.92 Å². The van der Waals surface area contributed by atoms with Crippen LogP contribution in [0.4, 0.5) is 16.2 Å². The van der Waals surface area contributed by atoms with Gasteiger partial charge in [-0.3, -0.25) is 20.2 Å². The first-order valence-corrected chi connectivity index (χ1v) is 5.46. The standard InChI is InChI=1S/C9H7Cl2N3O4/c10-4-8(15)13-9(16)12-5-1-2-7(14(17)18)6(11)3-5/h1-3H,4H2,(H2,12,13,15,16). The zero-order valence-corrected chi connectivity index (χ0v) is 10.3. The van der Waals surface area contributed by atoms with Crippen molar-refractivity contribution in [3.05, 3.63) is 33.3 Å². The number of nitro benzene ring substituents is 1. The average molecular weight is 292 g/mol. The molecule has 96 valence electrons. The summed E-state index contributed by atoms with van der Waals surface area (Å²) < 4.78 is 0. The number of carbonyl (C=O) groups is 2. The van der Waals surface area contributed by atoms with Crippen molar-refractivity contribution in [3.63, 3.8) is 0 Å². The topological polar surface area (TPSA) is 101 Å². The van der Waals surface area contributed by atoms with Gasteiger partial charge in [0, 0.05) is 11.8 Å². The highest BCUT2D eigenvalue weighted by Gasteiger charge is 2.13. The van der Waals surface area contributed by atoms with E-state index in [1.807, 2.05) is 5.32 Å². The van der Waals surface area contributed by atoms with Crippen molar-refractivity contribution in [2.45, 2.75) is 0 Å². The molecule has 0 bridgehead atoms. The number of amides is 3. The molecule has 3 amide bonds. The normalized spacial score (nSPS) is 9.67. The van der Waals surface area contributed by atoms with E-state index in [0.717, 1.165) is 6.07 Å². The second-order valence-electron chi connectivity index (χ2n) is 3.06. The molecule has 0 fully saturated rings. The van der Waals surface area contributed by atoms with Crippen LogP contribution in [0.25, 0.3) is 0 Å². The molecule has 0 saturated carbocycles. The van der Waals surface area contributed by atoms with Gasteiger partial charge in [-0.2, -0.15) is 0 Å². The smallest absolute Gasteiger partial charge is 0.308 e. The lowest BCUT2D eigenvalue weighted by Crippen LogP contribution is -2.35. The molecule has 0 heterocycles. The summed E-state index contributed by atoms with van der Waals surface area (Å²) in [7, 11) is 0. The highest BCUT2D eigenvalue weighted by atomic mass is 35.5. The molecule has 18 heavy (non-hydrogen) atoms. The number of hydrogen-bond acceptors (Lipinski definition) is 4. The number of benzene rings is 1. The molecule has 0 aromatic heterocycles. The quantitative estimate of drug-likeness (QED) is 0.506. The van der Waals surface area contributed by atoms with E-state index in [-0.39, 0.29) is 22.3 Å². The van der Waals surface area contributed by atoms with E-state index in [4.69, 9.17) is 23.2 Å². The number of alkyl halides is 1. The number of nitrogens with zero attached hydrogens (tertiary/aromatic N) is 1. The lowest BCUT2D eigenvalue weighted by molar-refractivity contribution is -0.384.